The van der Waals surface area contributed by atoms with Gasteiger partial charge in [-0.15, -0.1) is 0 Å². The Labute approximate surface area is 166 Å². The average Bonchev–Trinajstić information content (AvgIpc) is 3.05. The smallest absolute Gasteiger partial charge is 0.358 e. The van der Waals surface area contributed by atoms with Crippen LogP contribution in [-0.2, 0) is 12.6 Å². The van der Waals surface area contributed by atoms with Gasteiger partial charge >= 0.3 is 6.18 Å². The number of rotatable bonds is 4. The SMILES string of the molecule is Cc1cc(C)cc(CC(NC2=NCCS2)c2cccc(C(F)(F)F)c2Cl)c1. The van der Waals surface area contributed by atoms with Crippen molar-refractivity contribution >= 4 is 28.5 Å². The highest BCUT2D eigenvalue weighted by atomic mass is 35.5. The molecule has 1 aliphatic rings. The zero-order valence-corrected chi connectivity index (χ0v) is 16.6. The minimum Gasteiger partial charge on any atom is -0.358 e. The summed E-state index contributed by atoms with van der Waals surface area (Å²) in [5.74, 6) is 0.870. The van der Waals surface area contributed by atoms with Crippen molar-refractivity contribution in [2.75, 3.05) is 12.3 Å². The van der Waals surface area contributed by atoms with Gasteiger partial charge in [0.25, 0.3) is 0 Å². The van der Waals surface area contributed by atoms with Crippen LogP contribution in [0.5, 0.6) is 0 Å². The van der Waals surface area contributed by atoms with E-state index in [9.17, 15) is 13.2 Å². The number of benzene rings is 2. The first kappa shape index (κ1) is 20.1. The third-order valence-corrected chi connectivity index (χ3v) is 5.64. The summed E-state index contributed by atoms with van der Waals surface area (Å²) in [6.07, 6.45) is -3.97. The van der Waals surface area contributed by atoms with E-state index in [0.717, 1.165) is 33.7 Å². The molecule has 0 amide bonds. The monoisotopic (exact) mass is 412 g/mol. The standard InChI is InChI=1S/C20H20ClF3N2S/c1-12-8-13(2)10-14(9-12)11-17(26-19-25-6-7-27-19)15-4-3-5-16(18(15)21)20(22,23)24/h3-5,8-10,17H,6-7,11H2,1-2H3,(H,25,26). The molecule has 144 valence electrons. The molecule has 2 aromatic rings. The molecule has 0 saturated heterocycles. The molecule has 1 unspecified atom stereocenters. The Morgan fingerprint density at radius 1 is 1.19 bits per heavy atom. The van der Waals surface area contributed by atoms with E-state index < -0.39 is 17.8 Å². The minimum atomic E-state index is -4.49. The molecule has 0 radical (unpaired) electrons. The summed E-state index contributed by atoms with van der Waals surface area (Å²) in [4.78, 5) is 4.38. The first-order chi connectivity index (χ1) is 12.7. The lowest BCUT2D eigenvalue weighted by atomic mass is 9.95. The molecule has 2 aromatic carbocycles. The molecule has 1 aliphatic heterocycles. The summed E-state index contributed by atoms with van der Waals surface area (Å²) < 4.78 is 39.9. The highest BCUT2D eigenvalue weighted by Crippen LogP contribution is 2.39. The van der Waals surface area contributed by atoms with Crippen LogP contribution in [-0.4, -0.2) is 17.5 Å². The van der Waals surface area contributed by atoms with E-state index >= 15 is 0 Å². The van der Waals surface area contributed by atoms with Gasteiger partial charge in [0, 0.05) is 5.75 Å². The molecule has 0 aliphatic carbocycles. The highest BCUT2D eigenvalue weighted by molar-refractivity contribution is 8.14. The normalized spacial score (nSPS) is 15.6. The molecule has 0 bridgehead atoms. The van der Waals surface area contributed by atoms with Crippen LogP contribution in [0.2, 0.25) is 5.02 Å². The number of hydrogen-bond acceptors (Lipinski definition) is 3. The summed E-state index contributed by atoms with van der Waals surface area (Å²) in [5, 5.41) is 3.79. The molecule has 27 heavy (non-hydrogen) atoms. The van der Waals surface area contributed by atoms with Crippen molar-refractivity contribution in [1.82, 2.24) is 5.32 Å². The zero-order valence-electron chi connectivity index (χ0n) is 15.0. The third kappa shape index (κ3) is 4.99. The Bertz CT molecular complexity index is 845. The lowest BCUT2D eigenvalue weighted by Crippen LogP contribution is -2.28. The summed E-state index contributed by atoms with van der Waals surface area (Å²) in [5.41, 5.74) is 2.90. The molecule has 0 saturated carbocycles. The number of amidine groups is 1. The van der Waals surface area contributed by atoms with Crippen molar-refractivity contribution in [1.29, 1.82) is 0 Å². The van der Waals surface area contributed by atoms with Crippen LogP contribution in [0.25, 0.3) is 0 Å². The van der Waals surface area contributed by atoms with Crippen molar-refractivity contribution in [2.24, 2.45) is 4.99 Å². The molecule has 7 heteroatoms. The van der Waals surface area contributed by atoms with Gasteiger partial charge in [-0.3, -0.25) is 4.99 Å². The lowest BCUT2D eigenvalue weighted by Gasteiger charge is -2.23. The van der Waals surface area contributed by atoms with Gasteiger partial charge in [-0.2, -0.15) is 13.2 Å². The molecule has 0 fully saturated rings. The Kier molecular flexibility index (Phi) is 6.06. The molecule has 0 spiro atoms. The number of thioether (sulfide) groups is 1. The fraction of sp³-hybridized carbons (Fsp3) is 0.350. The zero-order chi connectivity index (χ0) is 19.6. The summed E-state index contributed by atoms with van der Waals surface area (Å²) in [6.45, 7) is 4.72. The van der Waals surface area contributed by atoms with E-state index in [1.165, 1.54) is 6.07 Å². The van der Waals surface area contributed by atoms with Gasteiger partial charge in [0.2, 0.25) is 0 Å². The second-order valence-electron chi connectivity index (χ2n) is 6.64. The molecule has 1 atom stereocenters. The first-order valence-corrected chi connectivity index (χ1v) is 9.97. The summed E-state index contributed by atoms with van der Waals surface area (Å²) in [6, 6.07) is 9.84. The van der Waals surface area contributed by atoms with Crippen LogP contribution in [0.4, 0.5) is 13.2 Å². The van der Waals surface area contributed by atoms with Gasteiger partial charge in [0.15, 0.2) is 5.17 Å². The Hall–Kier alpha value is -1.66. The minimum absolute atomic E-state index is 0.254. The molecule has 1 heterocycles. The Balaban J connectivity index is 1.99. The van der Waals surface area contributed by atoms with Crippen molar-refractivity contribution < 1.29 is 13.2 Å². The Morgan fingerprint density at radius 2 is 1.89 bits per heavy atom. The predicted molar refractivity (Wildman–Crippen MR) is 107 cm³/mol. The van der Waals surface area contributed by atoms with E-state index in [2.05, 4.69) is 16.4 Å². The maximum atomic E-state index is 13.3. The largest absolute Gasteiger partial charge is 0.417 e. The number of hydrogen-bond donors (Lipinski definition) is 1. The number of alkyl halides is 3. The fourth-order valence-electron chi connectivity index (χ4n) is 3.27. The average molecular weight is 413 g/mol. The predicted octanol–water partition coefficient (Wildman–Crippen LogP) is 5.95. The van der Waals surface area contributed by atoms with Gasteiger partial charge in [-0.1, -0.05) is 64.8 Å². The van der Waals surface area contributed by atoms with E-state index in [1.54, 1.807) is 17.8 Å². The van der Waals surface area contributed by atoms with E-state index in [1.807, 2.05) is 26.0 Å². The quantitative estimate of drug-likeness (QED) is 0.670. The van der Waals surface area contributed by atoms with E-state index in [0.29, 0.717) is 18.5 Å². The van der Waals surface area contributed by atoms with Gasteiger partial charge < -0.3 is 5.32 Å². The van der Waals surface area contributed by atoms with Gasteiger partial charge in [-0.25, -0.2) is 0 Å². The molecular weight excluding hydrogens is 393 g/mol. The summed E-state index contributed by atoms with van der Waals surface area (Å²) >= 11 is 7.77. The second-order valence-corrected chi connectivity index (χ2v) is 8.10. The third-order valence-electron chi connectivity index (χ3n) is 4.31. The van der Waals surface area contributed by atoms with Crippen LogP contribution in [0.1, 0.15) is 33.9 Å². The number of nitrogens with one attached hydrogen (secondary N) is 1. The van der Waals surface area contributed by atoms with Gasteiger partial charge in [0.1, 0.15) is 0 Å². The number of aliphatic imine (C=N–C) groups is 1. The molecule has 2 nitrogen and oxygen atoms in total. The second kappa shape index (κ2) is 8.15. The number of nitrogens with zero attached hydrogens (tertiary/aromatic N) is 1. The van der Waals surface area contributed by atoms with Crippen LogP contribution in [0.3, 0.4) is 0 Å². The van der Waals surface area contributed by atoms with Crippen molar-refractivity contribution in [3.63, 3.8) is 0 Å². The van der Waals surface area contributed by atoms with Crippen LogP contribution in [0, 0.1) is 13.8 Å². The maximum Gasteiger partial charge on any atom is 0.417 e. The van der Waals surface area contributed by atoms with Crippen LogP contribution >= 0.6 is 23.4 Å². The topological polar surface area (TPSA) is 24.4 Å². The van der Waals surface area contributed by atoms with E-state index in [-0.39, 0.29) is 5.02 Å². The molecular formula is C20H20ClF3N2S. The summed E-state index contributed by atoms with van der Waals surface area (Å²) in [7, 11) is 0. The van der Waals surface area contributed by atoms with Crippen LogP contribution < -0.4 is 5.32 Å². The Morgan fingerprint density at radius 3 is 2.48 bits per heavy atom. The molecule has 3 rings (SSSR count). The molecule has 1 N–H and O–H groups in total. The first-order valence-electron chi connectivity index (χ1n) is 8.60. The van der Waals surface area contributed by atoms with Crippen molar-refractivity contribution in [3.05, 3.63) is 69.2 Å². The van der Waals surface area contributed by atoms with Crippen LogP contribution in [0.15, 0.2) is 41.4 Å². The highest BCUT2D eigenvalue weighted by Gasteiger charge is 2.35. The van der Waals surface area contributed by atoms with E-state index in [4.69, 9.17) is 11.6 Å². The van der Waals surface area contributed by atoms with Crippen molar-refractivity contribution in [3.8, 4) is 0 Å². The van der Waals surface area contributed by atoms with Crippen molar-refractivity contribution in [2.45, 2.75) is 32.5 Å². The number of aryl methyl sites for hydroxylation is 2. The van der Waals surface area contributed by atoms with Gasteiger partial charge in [0.05, 0.1) is 23.2 Å². The molecule has 0 aromatic heterocycles. The fourth-order valence-corrected chi connectivity index (χ4v) is 4.42. The maximum absolute atomic E-state index is 13.3. The number of halogens is 4. The van der Waals surface area contributed by atoms with Gasteiger partial charge in [-0.05, 0) is 37.5 Å². The lowest BCUT2D eigenvalue weighted by molar-refractivity contribution is -0.137.